The number of aliphatic carboxylic acids is 1. The van der Waals surface area contributed by atoms with Gasteiger partial charge in [-0.2, -0.15) is 0 Å². The summed E-state index contributed by atoms with van der Waals surface area (Å²) < 4.78 is 50.7. The lowest BCUT2D eigenvalue weighted by Crippen LogP contribution is -2.45. The first-order valence-electron chi connectivity index (χ1n) is 13.1. The normalized spacial score (nSPS) is 16.1. The maximum absolute atomic E-state index is 13.4. The SMILES string of the molecule is COc1ccc2ncc(N(C)C)c([C@@H](O)CCC3(C(=O)O)CCN(CCOc4cc(F)c(F)c(F)c4)CC3)c2c1. The second kappa shape index (κ2) is 12.3. The molecule has 0 radical (unpaired) electrons. The second-order valence-corrected chi connectivity index (χ2v) is 10.4. The van der Waals surface area contributed by atoms with E-state index in [1.165, 1.54) is 0 Å². The Labute approximate surface area is 230 Å². The molecule has 216 valence electrons. The number of aliphatic hydroxyl groups excluding tert-OH is 1. The molecule has 0 spiro atoms. The molecular formula is C29H34F3N3O5. The number of nitrogens with zero attached hydrogens (tertiary/aromatic N) is 3. The Morgan fingerprint density at radius 3 is 2.40 bits per heavy atom. The van der Waals surface area contributed by atoms with E-state index in [9.17, 15) is 28.2 Å². The minimum Gasteiger partial charge on any atom is -0.497 e. The Kier molecular flexibility index (Phi) is 9.05. The van der Waals surface area contributed by atoms with Crippen LogP contribution in [0.1, 0.15) is 37.4 Å². The monoisotopic (exact) mass is 561 g/mol. The molecule has 2 heterocycles. The van der Waals surface area contributed by atoms with Gasteiger partial charge >= 0.3 is 5.97 Å². The Balaban J connectivity index is 1.40. The van der Waals surface area contributed by atoms with Gasteiger partial charge in [0, 0.05) is 43.7 Å². The van der Waals surface area contributed by atoms with Crippen molar-refractivity contribution >= 4 is 22.6 Å². The number of halogens is 3. The molecule has 1 saturated heterocycles. The highest BCUT2D eigenvalue weighted by atomic mass is 19.2. The number of fused-ring (bicyclic) bond motifs is 1. The fourth-order valence-electron chi connectivity index (χ4n) is 5.26. The van der Waals surface area contributed by atoms with Gasteiger partial charge in [0.2, 0.25) is 0 Å². The fourth-order valence-corrected chi connectivity index (χ4v) is 5.26. The largest absolute Gasteiger partial charge is 0.497 e. The van der Waals surface area contributed by atoms with Crippen LogP contribution in [-0.4, -0.2) is 73.5 Å². The van der Waals surface area contributed by atoms with Crippen molar-refractivity contribution in [3.05, 3.63) is 59.5 Å². The summed E-state index contributed by atoms with van der Waals surface area (Å²) in [5, 5.41) is 22.3. The summed E-state index contributed by atoms with van der Waals surface area (Å²) in [6.45, 7) is 1.48. The van der Waals surface area contributed by atoms with Crippen LogP contribution in [0.4, 0.5) is 18.9 Å². The van der Waals surface area contributed by atoms with E-state index < -0.39 is 34.9 Å². The summed E-state index contributed by atoms with van der Waals surface area (Å²) in [5.74, 6) is -4.57. The van der Waals surface area contributed by atoms with E-state index in [-0.39, 0.29) is 25.2 Å². The number of ether oxygens (including phenoxy) is 2. The van der Waals surface area contributed by atoms with E-state index in [1.807, 2.05) is 36.0 Å². The first kappa shape index (κ1) is 29.4. The van der Waals surface area contributed by atoms with Crippen molar-refractivity contribution in [2.45, 2.75) is 31.8 Å². The number of pyridine rings is 1. The summed E-state index contributed by atoms with van der Waals surface area (Å²) in [4.78, 5) is 20.8. The zero-order valence-corrected chi connectivity index (χ0v) is 22.8. The summed E-state index contributed by atoms with van der Waals surface area (Å²) in [5.41, 5.74) is 1.13. The highest BCUT2D eigenvalue weighted by Crippen LogP contribution is 2.41. The van der Waals surface area contributed by atoms with E-state index in [2.05, 4.69) is 4.98 Å². The number of aromatic nitrogens is 1. The quantitative estimate of drug-likeness (QED) is 0.323. The maximum atomic E-state index is 13.4. The van der Waals surface area contributed by atoms with E-state index in [1.54, 1.807) is 19.4 Å². The molecule has 0 bridgehead atoms. The molecule has 0 saturated carbocycles. The van der Waals surface area contributed by atoms with Crippen molar-refractivity contribution < 1.29 is 37.7 Å². The van der Waals surface area contributed by atoms with Crippen LogP contribution in [0.25, 0.3) is 10.9 Å². The summed E-state index contributed by atoms with van der Waals surface area (Å²) in [7, 11) is 5.29. The zero-order valence-electron chi connectivity index (χ0n) is 22.8. The third-order valence-electron chi connectivity index (χ3n) is 7.71. The van der Waals surface area contributed by atoms with Crippen molar-refractivity contribution in [2.24, 2.45) is 5.41 Å². The topological polar surface area (TPSA) is 95.4 Å². The number of methoxy groups -OCH3 is 1. The van der Waals surface area contributed by atoms with Crippen molar-refractivity contribution in [1.29, 1.82) is 0 Å². The van der Waals surface area contributed by atoms with Gasteiger partial charge < -0.3 is 24.6 Å². The Bertz CT molecular complexity index is 1340. The van der Waals surface area contributed by atoms with Crippen LogP contribution in [0.5, 0.6) is 11.5 Å². The fraction of sp³-hybridized carbons (Fsp3) is 0.448. The molecule has 1 aliphatic heterocycles. The molecule has 40 heavy (non-hydrogen) atoms. The van der Waals surface area contributed by atoms with Crippen LogP contribution in [0, 0.1) is 22.9 Å². The van der Waals surface area contributed by atoms with Crippen molar-refractivity contribution in [2.75, 3.05) is 52.3 Å². The summed E-state index contributed by atoms with van der Waals surface area (Å²) in [6, 6.07) is 7.04. The number of carboxylic acids is 1. The molecule has 2 aromatic carbocycles. The van der Waals surface area contributed by atoms with Crippen LogP contribution >= 0.6 is 0 Å². The van der Waals surface area contributed by atoms with Crippen LogP contribution < -0.4 is 14.4 Å². The first-order valence-corrected chi connectivity index (χ1v) is 13.1. The molecule has 1 aromatic heterocycles. The molecule has 0 aliphatic carbocycles. The van der Waals surface area contributed by atoms with Gasteiger partial charge in [0.25, 0.3) is 0 Å². The smallest absolute Gasteiger partial charge is 0.309 e. The van der Waals surface area contributed by atoms with Crippen LogP contribution in [-0.2, 0) is 4.79 Å². The maximum Gasteiger partial charge on any atom is 0.309 e. The summed E-state index contributed by atoms with van der Waals surface area (Å²) >= 11 is 0. The van der Waals surface area contributed by atoms with E-state index >= 15 is 0 Å². The molecule has 0 amide bonds. The van der Waals surface area contributed by atoms with Crippen molar-refractivity contribution in [3.63, 3.8) is 0 Å². The van der Waals surface area contributed by atoms with Crippen LogP contribution in [0.2, 0.25) is 0 Å². The predicted octanol–water partition coefficient (Wildman–Crippen LogP) is 4.79. The number of anilines is 1. The van der Waals surface area contributed by atoms with E-state index in [4.69, 9.17) is 9.47 Å². The van der Waals surface area contributed by atoms with Crippen molar-refractivity contribution in [3.8, 4) is 11.5 Å². The van der Waals surface area contributed by atoms with Gasteiger partial charge in [-0.25, -0.2) is 13.2 Å². The number of carbonyl (C=O) groups is 1. The molecule has 11 heteroatoms. The standard InChI is InChI=1S/C29H34F3N3O5/c1-34(2)24-17-33-23-5-4-18(39-3)14-20(23)26(24)25(36)6-7-29(28(37)38)8-10-35(11-9-29)12-13-40-19-15-21(30)27(32)22(31)16-19/h4-5,14-17,25,36H,6-13H2,1-3H3,(H,37,38)/t25-/m0/s1. The molecule has 0 unspecified atom stereocenters. The molecule has 1 fully saturated rings. The number of benzene rings is 2. The first-order chi connectivity index (χ1) is 19.0. The summed E-state index contributed by atoms with van der Waals surface area (Å²) in [6.07, 6.45) is 2.06. The number of piperidine rings is 1. The van der Waals surface area contributed by atoms with Gasteiger partial charge in [-0.15, -0.1) is 0 Å². The molecular weight excluding hydrogens is 527 g/mol. The number of rotatable bonds is 11. The van der Waals surface area contributed by atoms with Crippen LogP contribution in [0.3, 0.4) is 0 Å². The Hall–Kier alpha value is -3.57. The van der Waals surface area contributed by atoms with Crippen LogP contribution in [0.15, 0.2) is 36.5 Å². The molecule has 8 nitrogen and oxygen atoms in total. The zero-order chi connectivity index (χ0) is 29.0. The number of aliphatic hydroxyl groups is 1. The molecule has 2 N–H and O–H groups in total. The Morgan fingerprint density at radius 1 is 1.12 bits per heavy atom. The Morgan fingerprint density at radius 2 is 1.80 bits per heavy atom. The molecule has 1 aliphatic rings. The minimum atomic E-state index is -1.55. The van der Waals surface area contributed by atoms with Gasteiger partial charge in [-0.05, 0) is 57.0 Å². The predicted molar refractivity (Wildman–Crippen MR) is 144 cm³/mol. The van der Waals surface area contributed by atoms with Gasteiger partial charge in [-0.1, -0.05) is 0 Å². The molecule has 3 aromatic rings. The third kappa shape index (κ3) is 6.26. The lowest BCUT2D eigenvalue weighted by molar-refractivity contribution is -0.153. The minimum absolute atomic E-state index is 0.106. The van der Waals surface area contributed by atoms with E-state index in [0.717, 1.165) is 23.2 Å². The molecule has 4 rings (SSSR count). The van der Waals surface area contributed by atoms with Gasteiger partial charge in [-0.3, -0.25) is 14.7 Å². The highest BCUT2D eigenvalue weighted by Gasteiger charge is 2.41. The third-order valence-corrected chi connectivity index (χ3v) is 7.71. The van der Waals surface area contributed by atoms with Gasteiger partial charge in [0.05, 0.1) is 36.0 Å². The average Bonchev–Trinajstić information content (AvgIpc) is 2.94. The lowest BCUT2D eigenvalue weighted by Gasteiger charge is -2.39. The average molecular weight is 562 g/mol. The number of carboxylic acid groups (broad SMARTS) is 1. The van der Waals surface area contributed by atoms with Crippen molar-refractivity contribution in [1.82, 2.24) is 9.88 Å². The second-order valence-electron chi connectivity index (χ2n) is 10.4. The number of hydrogen-bond acceptors (Lipinski definition) is 7. The van der Waals surface area contributed by atoms with Gasteiger partial charge in [0.15, 0.2) is 17.5 Å². The van der Waals surface area contributed by atoms with E-state index in [0.29, 0.717) is 49.3 Å². The number of hydrogen-bond donors (Lipinski definition) is 2. The van der Waals surface area contributed by atoms with Gasteiger partial charge in [0.1, 0.15) is 18.1 Å². The number of likely N-dealkylation sites (tertiary alicyclic amines) is 1. The molecule has 1 atom stereocenters. The lowest BCUT2D eigenvalue weighted by atomic mass is 9.74. The highest BCUT2D eigenvalue weighted by molar-refractivity contribution is 5.88.